The van der Waals surface area contributed by atoms with E-state index < -0.39 is 0 Å². The van der Waals surface area contributed by atoms with E-state index in [0.29, 0.717) is 29.6 Å². The summed E-state index contributed by atoms with van der Waals surface area (Å²) in [5.74, 6) is 2.32. The first-order valence-corrected chi connectivity index (χ1v) is 18.0. The van der Waals surface area contributed by atoms with Crippen LogP contribution in [0.5, 0.6) is 0 Å². The lowest BCUT2D eigenvalue weighted by atomic mass is 9.73. The standard InChI is InChI=1S/C48H50/c1-38(40-22-10-3-11-23-40)34-46(42-26-14-5-15-27-42)36-48(44-30-18-7-19-31-44)37-47(43-28-16-6-17-29-43)35-45(41-24-12-4-13-25-41)33-32-39-20-8-2-9-21-39/h2-31,38,45-48H,32-37H2,1H3. The molecule has 0 spiro atoms. The highest BCUT2D eigenvalue weighted by molar-refractivity contribution is 5.29. The monoisotopic (exact) mass is 626 g/mol. The van der Waals surface area contributed by atoms with Gasteiger partial charge in [0.2, 0.25) is 0 Å². The molecule has 0 nitrogen and oxygen atoms in total. The number of rotatable bonds is 16. The molecule has 0 fully saturated rings. The Morgan fingerprint density at radius 3 is 1.00 bits per heavy atom. The molecule has 242 valence electrons. The lowest BCUT2D eigenvalue weighted by molar-refractivity contribution is 0.403. The second kappa shape index (κ2) is 17.5. The molecule has 0 saturated heterocycles. The Hall–Kier alpha value is -4.68. The van der Waals surface area contributed by atoms with Crippen LogP contribution in [0.25, 0.3) is 0 Å². The van der Waals surface area contributed by atoms with Crippen LogP contribution in [0.3, 0.4) is 0 Å². The summed E-state index contributed by atoms with van der Waals surface area (Å²) < 4.78 is 0. The molecule has 0 radical (unpaired) electrons. The maximum Gasteiger partial charge on any atom is -0.0150 e. The van der Waals surface area contributed by atoms with Crippen molar-refractivity contribution in [1.82, 2.24) is 0 Å². The molecule has 0 aliphatic rings. The van der Waals surface area contributed by atoms with Crippen LogP contribution in [0, 0.1) is 0 Å². The highest BCUT2D eigenvalue weighted by atomic mass is 14.3. The Kier molecular flexibility index (Phi) is 12.1. The molecule has 0 bridgehead atoms. The Morgan fingerprint density at radius 1 is 0.312 bits per heavy atom. The first-order valence-electron chi connectivity index (χ1n) is 18.0. The molecule has 0 aliphatic carbocycles. The molecule has 6 rings (SSSR count). The Morgan fingerprint density at radius 2 is 0.604 bits per heavy atom. The van der Waals surface area contributed by atoms with Gasteiger partial charge in [-0.25, -0.2) is 0 Å². The quantitative estimate of drug-likeness (QED) is 0.100. The number of aryl methyl sites for hydroxylation is 1. The molecule has 0 heteroatoms. The smallest absolute Gasteiger partial charge is 0.0150 e. The summed E-state index contributed by atoms with van der Waals surface area (Å²) >= 11 is 0. The third-order valence-corrected chi connectivity index (χ3v) is 10.4. The van der Waals surface area contributed by atoms with Crippen molar-refractivity contribution in [2.75, 3.05) is 0 Å². The van der Waals surface area contributed by atoms with Gasteiger partial charge in [0, 0.05) is 0 Å². The predicted octanol–water partition coefficient (Wildman–Crippen LogP) is 13.1. The van der Waals surface area contributed by atoms with E-state index in [4.69, 9.17) is 0 Å². The van der Waals surface area contributed by atoms with Gasteiger partial charge in [-0.3, -0.25) is 0 Å². The van der Waals surface area contributed by atoms with Gasteiger partial charge in [-0.1, -0.05) is 189 Å². The number of hydrogen-bond donors (Lipinski definition) is 0. The van der Waals surface area contributed by atoms with Gasteiger partial charge in [0.25, 0.3) is 0 Å². The minimum atomic E-state index is 0.440. The third-order valence-electron chi connectivity index (χ3n) is 10.4. The minimum absolute atomic E-state index is 0.440. The number of benzene rings is 6. The van der Waals surface area contributed by atoms with E-state index in [2.05, 4.69) is 189 Å². The molecule has 0 heterocycles. The minimum Gasteiger partial charge on any atom is -0.0622 e. The van der Waals surface area contributed by atoms with Crippen LogP contribution in [0.15, 0.2) is 182 Å². The lowest BCUT2D eigenvalue weighted by Crippen LogP contribution is -2.15. The molecule has 5 unspecified atom stereocenters. The fraction of sp³-hybridized carbons (Fsp3) is 0.250. The van der Waals surface area contributed by atoms with Gasteiger partial charge in [-0.2, -0.15) is 0 Å². The highest BCUT2D eigenvalue weighted by Gasteiger charge is 2.28. The molecule has 0 saturated carbocycles. The van der Waals surface area contributed by atoms with E-state index >= 15 is 0 Å². The van der Waals surface area contributed by atoms with Crippen molar-refractivity contribution >= 4 is 0 Å². The molecule has 5 atom stereocenters. The van der Waals surface area contributed by atoms with Gasteiger partial charge in [-0.05, 0) is 101 Å². The lowest BCUT2D eigenvalue weighted by Gasteiger charge is -2.31. The summed E-state index contributed by atoms with van der Waals surface area (Å²) in [6.45, 7) is 2.41. The summed E-state index contributed by atoms with van der Waals surface area (Å²) in [5.41, 5.74) is 8.71. The molecule has 0 aliphatic heterocycles. The zero-order chi connectivity index (χ0) is 32.8. The molecule has 0 amide bonds. The van der Waals surface area contributed by atoms with E-state index in [9.17, 15) is 0 Å². The van der Waals surface area contributed by atoms with Crippen LogP contribution >= 0.6 is 0 Å². The van der Waals surface area contributed by atoms with Crippen LogP contribution in [0.2, 0.25) is 0 Å². The van der Waals surface area contributed by atoms with Crippen LogP contribution < -0.4 is 0 Å². The van der Waals surface area contributed by atoms with Crippen molar-refractivity contribution in [3.63, 3.8) is 0 Å². The third kappa shape index (κ3) is 9.45. The van der Waals surface area contributed by atoms with E-state index in [1.807, 2.05) is 0 Å². The van der Waals surface area contributed by atoms with Crippen molar-refractivity contribution in [1.29, 1.82) is 0 Å². The average Bonchev–Trinajstić information content (AvgIpc) is 3.17. The Labute approximate surface area is 289 Å². The van der Waals surface area contributed by atoms with Crippen molar-refractivity contribution in [2.45, 2.75) is 75.0 Å². The van der Waals surface area contributed by atoms with Crippen molar-refractivity contribution < 1.29 is 0 Å². The van der Waals surface area contributed by atoms with Crippen LogP contribution in [-0.2, 0) is 6.42 Å². The van der Waals surface area contributed by atoms with E-state index in [0.717, 1.165) is 38.5 Å². The van der Waals surface area contributed by atoms with Gasteiger partial charge in [0.05, 0.1) is 0 Å². The zero-order valence-electron chi connectivity index (χ0n) is 28.4. The predicted molar refractivity (Wildman–Crippen MR) is 205 cm³/mol. The zero-order valence-corrected chi connectivity index (χ0v) is 28.4. The first kappa shape index (κ1) is 33.2. The fourth-order valence-electron chi connectivity index (χ4n) is 7.79. The normalized spacial score (nSPS) is 14.4. The largest absolute Gasteiger partial charge is 0.0622 e. The topological polar surface area (TPSA) is 0 Å². The van der Waals surface area contributed by atoms with Crippen molar-refractivity contribution in [3.05, 3.63) is 215 Å². The second-order valence-electron chi connectivity index (χ2n) is 13.7. The average molecular weight is 627 g/mol. The maximum absolute atomic E-state index is 2.41. The Bertz CT molecular complexity index is 1710. The summed E-state index contributed by atoms with van der Waals surface area (Å²) in [6.07, 6.45) is 6.78. The van der Waals surface area contributed by atoms with Crippen molar-refractivity contribution in [2.24, 2.45) is 0 Å². The number of hydrogen-bond acceptors (Lipinski definition) is 0. The molecule has 0 N–H and O–H groups in total. The fourth-order valence-corrected chi connectivity index (χ4v) is 7.79. The van der Waals surface area contributed by atoms with Gasteiger partial charge in [0.15, 0.2) is 0 Å². The van der Waals surface area contributed by atoms with Crippen LogP contribution in [0.4, 0.5) is 0 Å². The summed E-state index contributed by atoms with van der Waals surface area (Å²) in [5, 5.41) is 0. The Balaban J connectivity index is 1.32. The molecular weight excluding hydrogens is 577 g/mol. The van der Waals surface area contributed by atoms with E-state index in [-0.39, 0.29) is 0 Å². The molecule has 6 aromatic rings. The molecule has 6 aromatic carbocycles. The van der Waals surface area contributed by atoms with Crippen LogP contribution in [0.1, 0.15) is 102 Å². The summed E-state index contributed by atoms with van der Waals surface area (Å²) in [7, 11) is 0. The van der Waals surface area contributed by atoms with E-state index in [1.165, 1.54) is 33.4 Å². The summed E-state index contributed by atoms with van der Waals surface area (Å²) in [4.78, 5) is 0. The second-order valence-corrected chi connectivity index (χ2v) is 13.7. The van der Waals surface area contributed by atoms with Gasteiger partial charge >= 0.3 is 0 Å². The highest BCUT2D eigenvalue weighted by Crippen LogP contribution is 2.44. The van der Waals surface area contributed by atoms with Crippen molar-refractivity contribution in [3.8, 4) is 0 Å². The first-order chi connectivity index (χ1) is 23.7. The van der Waals surface area contributed by atoms with E-state index in [1.54, 1.807) is 0 Å². The summed E-state index contributed by atoms with van der Waals surface area (Å²) in [6, 6.07) is 67.4. The molecule has 0 aromatic heterocycles. The van der Waals surface area contributed by atoms with Gasteiger partial charge in [-0.15, -0.1) is 0 Å². The SMILES string of the molecule is CC(CC(CC(CC(CC(CCc1ccccc1)c1ccccc1)c1ccccc1)c1ccccc1)c1ccccc1)c1ccccc1. The molecular formula is C48H50. The molecule has 48 heavy (non-hydrogen) atoms. The van der Waals surface area contributed by atoms with Gasteiger partial charge in [0.1, 0.15) is 0 Å². The maximum atomic E-state index is 2.41. The van der Waals surface area contributed by atoms with Crippen LogP contribution in [-0.4, -0.2) is 0 Å². The van der Waals surface area contributed by atoms with Gasteiger partial charge < -0.3 is 0 Å².